The molecule has 17 nitrogen and oxygen atoms in total. The van der Waals surface area contributed by atoms with Gasteiger partial charge in [0.25, 0.3) is 0 Å². The maximum Gasteiger partial charge on any atom is 0.222 e. The monoisotopic (exact) mass is 605 g/mol. The number of aromatic amines is 2. The summed E-state index contributed by atoms with van der Waals surface area (Å²) in [5.41, 5.74) is 5.90. The normalized spacial score (nSPS) is 16.8. The summed E-state index contributed by atoms with van der Waals surface area (Å²) >= 11 is 0. The van der Waals surface area contributed by atoms with Gasteiger partial charge < -0.3 is 0 Å². The minimum Gasteiger partial charge on any atom is -0.295 e. The molecule has 7 heterocycles. The first-order valence-corrected chi connectivity index (χ1v) is 14.7. The minimum absolute atomic E-state index is 0.466. The zero-order valence-corrected chi connectivity index (χ0v) is 24.5. The third kappa shape index (κ3) is 7.28. The molecule has 0 radical (unpaired) electrons. The fourth-order valence-corrected chi connectivity index (χ4v) is 5.35. The number of pyridine rings is 3. The summed E-state index contributed by atoms with van der Waals surface area (Å²) in [7, 11) is 0. The molecule has 0 bridgehead atoms. The number of H-pyrrole nitrogens is 2. The summed E-state index contributed by atoms with van der Waals surface area (Å²) in [4.78, 5) is 21.9. The van der Waals surface area contributed by atoms with Crippen LogP contribution in [0.2, 0.25) is 0 Å². The molecule has 5 aromatic rings. The van der Waals surface area contributed by atoms with Crippen molar-refractivity contribution in [2.75, 3.05) is 45.8 Å². The molecule has 0 aliphatic carbocycles. The molecule has 1 fully saturated rings. The lowest BCUT2D eigenvalue weighted by atomic mass is 10.2. The molecule has 228 valence electrons. The Kier molecular flexibility index (Phi) is 8.60. The Morgan fingerprint density at radius 1 is 0.556 bits per heavy atom. The number of nitrogens with zero attached hydrogens (tertiary/aromatic N) is 15. The molecule has 0 aromatic carbocycles. The van der Waals surface area contributed by atoms with Crippen LogP contribution in [-0.2, 0) is 19.6 Å². The molecule has 0 saturated carbocycles. The Bertz CT molecular complexity index is 1660. The van der Waals surface area contributed by atoms with E-state index in [1.54, 1.807) is 0 Å². The molecule has 5 aromatic heterocycles. The second kappa shape index (κ2) is 13.6. The fraction of sp³-hybridized carbons (Fsp3) is 0.357. The predicted molar refractivity (Wildman–Crippen MR) is 161 cm³/mol. The molecule has 2 N–H and O–H groups in total. The number of hydrogen-bond acceptors (Lipinski definition) is 15. The van der Waals surface area contributed by atoms with Crippen molar-refractivity contribution < 1.29 is 0 Å². The molecule has 1 saturated heterocycles. The van der Waals surface area contributed by atoms with E-state index in [-0.39, 0.29) is 0 Å². The van der Waals surface area contributed by atoms with Crippen molar-refractivity contribution in [2.45, 2.75) is 19.6 Å². The third-order valence-electron chi connectivity index (χ3n) is 7.67. The highest BCUT2D eigenvalue weighted by molar-refractivity contribution is 6.01. The van der Waals surface area contributed by atoms with Crippen molar-refractivity contribution >= 4 is 5.71 Å². The Morgan fingerprint density at radius 3 is 1.40 bits per heavy atom. The predicted octanol–water partition coefficient (Wildman–Crippen LogP) is 1.22. The molecule has 0 unspecified atom stereocenters. The van der Waals surface area contributed by atoms with E-state index in [0.717, 1.165) is 67.8 Å². The van der Waals surface area contributed by atoms with Crippen molar-refractivity contribution in [3.8, 4) is 23.0 Å². The van der Waals surface area contributed by atoms with Crippen LogP contribution in [0, 0.1) is 0 Å². The second-order valence-corrected chi connectivity index (χ2v) is 10.8. The minimum atomic E-state index is 0.466. The second-order valence-electron chi connectivity index (χ2n) is 10.8. The van der Waals surface area contributed by atoms with Crippen molar-refractivity contribution in [2.24, 2.45) is 15.4 Å². The van der Waals surface area contributed by atoms with Gasteiger partial charge in [-0.25, -0.2) is 9.97 Å². The van der Waals surface area contributed by atoms with Crippen molar-refractivity contribution in [1.82, 2.24) is 70.9 Å². The van der Waals surface area contributed by atoms with Crippen LogP contribution < -0.4 is 0 Å². The first kappa shape index (κ1) is 28.5. The zero-order valence-electron chi connectivity index (χ0n) is 24.5. The molecule has 2 aliphatic heterocycles. The van der Waals surface area contributed by atoms with E-state index >= 15 is 0 Å². The van der Waals surface area contributed by atoms with Crippen LogP contribution in [0.5, 0.6) is 0 Å². The lowest BCUT2D eigenvalue weighted by Gasteiger charge is -2.25. The number of rotatable bonds is 9. The first-order valence-electron chi connectivity index (χ1n) is 14.7. The van der Waals surface area contributed by atoms with Gasteiger partial charge >= 0.3 is 0 Å². The number of tetrazole rings is 2. The quantitative estimate of drug-likeness (QED) is 0.244. The molecule has 45 heavy (non-hydrogen) atoms. The Morgan fingerprint density at radius 2 is 1.00 bits per heavy atom. The van der Waals surface area contributed by atoms with Crippen LogP contribution in [0.3, 0.4) is 0 Å². The van der Waals surface area contributed by atoms with Gasteiger partial charge in [0.15, 0.2) is 0 Å². The molecular formula is C28H31N17. The molecule has 2 aliphatic rings. The molecular weight excluding hydrogens is 574 g/mol. The van der Waals surface area contributed by atoms with Crippen molar-refractivity contribution in [1.29, 1.82) is 0 Å². The summed E-state index contributed by atoms with van der Waals surface area (Å²) in [5, 5.41) is 40.6. The maximum atomic E-state index is 4.89. The van der Waals surface area contributed by atoms with Gasteiger partial charge in [0, 0.05) is 58.9 Å². The molecule has 17 heteroatoms. The maximum absolute atomic E-state index is 4.89. The molecule has 0 amide bonds. The Balaban J connectivity index is 1.09. The summed E-state index contributed by atoms with van der Waals surface area (Å²) in [6.07, 6.45) is 0. The van der Waals surface area contributed by atoms with E-state index in [9.17, 15) is 0 Å². The van der Waals surface area contributed by atoms with E-state index in [1.165, 1.54) is 0 Å². The number of nitrogens with one attached hydrogen (secondary N) is 2. The van der Waals surface area contributed by atoms with Crippen LogP contribution in [0.1, 0.15) is 22.8 Å². The molecule has 0 atom stereocenters. The van der Waals surface area contributed by atoms with Gasteiger partial charge in [-0.2, -0.15) is 15.5 Å². The summed E-state index contributed by atoms with van der Waals surface area (Å²) in [6, 6.07) is 17.9. The molecule has 0 spiro atoms. The van der Waals surface area contributed by atoms with Crippen LogP contribution in [-0.4, -0.2) is 122 Å². The van der Waals surface area contributed by atoms with Crippen LogP contribution in [0.4, 0.5) is 0 Å². The van der Waals surface area contributed by atoms with E-state index in [4.69, 9.17) is 15.0 Å². The summed E-state index contributed by atoms with van der Waals surface area (Å²) in [6.45, 7) is 7.81. The van der Waals surface area contributed by atoms with Crippen LogP contribution in [0.15, 0.2) is 70.0 Å². The smallest absolute Gasteiger partial charge is 0.222 e. The summed E-state index contributed by atoms with van der Waals surface area (Å²) < 4.78 is 0. The van der Waals surface area contributed by atoms with Gasteiger partial charge in [-0.1, -0.05) is 18.2 Å². The van der Waals surface area contributed by atoms with Crippen molar-refractivity contribution in [3.63, 3.8) is 0 Å². The largest absolute Gasteiger partial charge is 0.295 e. The zero-order chi connectivity index (χ0) is 30.3. The van der Waals surface area contributed by atoms with Gasteiger partial charge in [-0.15, -0.1) is 25.5 Å². The number of hydrogen-bond donors (Lipinski definition) is 2. The van der Waals surface area contributed by atoms with Crippen LogP contribution >= 0.6 is 0 Å². The van der Waals surface area contributed by atoms with Gasteiger partial charge in [0.05, 0.1) is 22.8 Å². The lowest BCUT2D eigenvalue weighted by molar-refractivity contribution is 0.207. The SMILES string of the molecule is c1cc(CN2CCN(Cc3cccc(-c4nn[nH]n4)n3)CCN(Cc3cccc(-c4nn[nH]n4)n3)CC2)nc(C2=NN=NC2)c1. The Hall–Kier alpha value is -5.26. The van der Waals surface area contributed by atoms with E-state index in [2.05, 4.69) is 77.5 Å². The number of aromatic nitrogens is 11. The van der Waals surface area contributed by atoms with Crippen LogP contribution in [0.25, 0.3) is 23.0 Å². The highest BCUT2D eigenvalue weighted by Gasteiger charge is 2.20. The van der Waals surface area contributed by atoms with E-state index in [0.29, 0.717) is 49.2 Å². The lowest BCUT2D eigenvalue weighted by Crippen LogP contribution is -2.35. The average molecular weight is 606 g/mol. The molecule has 7 rings (SSSR count). The first-order chi connectivity index (χ1) is 22.2. The third-order valence-corrected chi connectivity index (χ3v) is 7.67. The highest BCUT2D eigenvalue weighted by atomic mass is 15.5. The fourth-order valence-electron chi connectivity index (χ4n) is 5.35. The van der Waals surface area contributed by atoms with Gasteiger partial charge in [0.1, 0.15) is 23.6 Å². The van der Waals surface area contributed by atoms with Crippen molar-refractivity contribution in [3.05, 3.63) is 77.4 Å². The standard InChI is InChI=1S/C28H31N17/c1-4-20(30-23(7-1)26-16-29-38-33-26)17-43-10-12-44(18-21-5-2-8-24(31-21)27-34-39-40-35-27)14-15-45(13-11-43)19-22-6-3-9-25(32-22)28-36-41-42-37-28/h1-9H,10-19H2,(H,34,35,39,40)(H,36,37,41,42). The highest BCUT2D eigenvalue weighted by Crippen LogP contribution is 2.16. The van der Waals surface area contributed by atoms with Gasteiger partial charge in [0.2, 0.25) is 11.6 Å². The Labute approximate surface area is 257 Å². The van der Waals surface area contributed by atoms with E-state index < -0.39 is 0 Å². The topological polar surface area (TPSA) is 194 Å². The average Bonchev–Trinajstić information content (AvgIpc) is 3.89. The van der Waals surface area contributed by atoms with E-state index in [1.807, 2.05) is 48.5 Å². The van der Waals surface area contributed by atoms with Gasteiger partial charge in [-0.05, 0) is 52.0 Å². The summed E-state index contributed by atoms with van der Waals surface area (Å²) in [5.74, 6) is 0.963. The van der Waals surface area contributed by atoms with Gasteiger partial charge in [-0.3, -0.25) is 19.7 Å².